The second kappa shape index (κ2) is 6.26. The van der Waals surface area contributed by atoms with E-state index in [4.69, 9.17) is 4.74 Å². The fourth-order valence-electron chi connectivity index (χ4n) is 1.91. The highest BCUT2D eigenvalue weighted by atomic mass is 19.3. The molecule has 1 saturated heterocycles. The highest BCUT2D eigenvalue weighted by Crippen LogP contribution is 2.17. The van der Waals surface area contributed by atoms with Gasteiger partial charge >= 0.3 is 0 Å². The maximum Gasteiger partial charge on any atom is 0.261 e. The molecule has 0 spiro atoms. The Balaban J connectivity index is 2.31. The summed E-state index contributed by atoms with van der Waals surface area (Å²) in [5.41, 5.74) is -0.224. The molecule has 100 valence electrons. The fraction of sp³-hybridized carbons (Fsp3) is 0.909. The van der Waals surface area contributed by atoms with Gasteiger partial charge in [0.2, 0.25) is 5.91 Å². The van der Waals surface area contributed by atoms with E-state index in [0.717, 1.165) is 13.1 Å². The highest BCUT2D eigenvalue weighted by Gasteiger charge is 2.32. The Morgan fingerprint density at radius 3 is 2.82 bits per heavy atom. The first-order chi connectivity index (χ1) is 7.93. The number of carbonyl (C=O) groups excluding carboxylic acids is 1. The molecule has 1 N–H and O–H groups in total. The predicted molar refractivity (Wildman–Crippen MR) is 60.1 cm³/mol. The third kappa shape index (κ3) is 4.55. The van der Waals surface area contributed by atoms with Crippen LogP contribution < -0.4 is 5.32 Å². The minimum absolute atomic E-state index is 0.0363. The van der Waals surface area contributed by atoms with Crippen LogP contribution in [-0.4, -0.2) is 55.6 Å². The van der Waals surface area contributed by atoms with E-state index in [1.807, 2.05) is 13.8 Å². The molecule has 1 heterocycles. The first-order valence-corrected chi connectivity index (χ1v) is 5.80. The number of hydrogen-bond donors (Lipinski definition) is 1. The number of rotatable bonds is 5. The maximum absolute atomic E-state index is 11.9. The molecular weight excluding hydrogens is 230 g/mol. The van der Waals surface area contributed by atoms with Gasteiger partial charge < -0.3 is 15.0 Å². The maximum atomic E-state index is 11.9. The van der Waals surface area contributed by atoms with Crippen LogP contribution in [0.2, 0.25) is 0 Å². The van der Waals surface area contributed by atoms with E-state index < -0.39 is 13.0 Å². The molecular formula is C11H20F2N2O2. The van der Waals surface area contributed by atoms with Crippen molar-refractivity contribution in [2.75, 3.05) is 32.8 Å². The number of amides is 1. The van der Waals surface area contributed by atoms with Crippen molar-refractivity contribution in [1.29, 1.82) is 0 Å². The first-order valence-electron chi connectivity index (χ1n) is 5.80. The summed E-state index contributed by atoms with van der Waals surface area (Å²) in [6.45, 7) is 5.60. The van der Waals surface area contributed by atoms with Crippen molar-refractivity contribution in [2.45, 2.75) is 32.2 Å². The molecule has 0 bridgehead atoms. The normalized spacial score (nSPS) is 19.7. The highest BCUT2D eigenvalue weighted by molar-refractivity contribution is 5.77. The summed E-state index contributed by atoms with van der Waals surface area (Å²) in [4.78, 5) is 13.7. The van der Waals surface area contributed by atoms with Crippen LogP contribution in [0.1, 0.15) is 20.3 Å². The molecule has 1 aliphatic heterocycles. The van der Waals surface area contributed by atoms with Crippen LogP contribution in [0.15, 0.2) is 0 Å². The summed E-state index contributed by atoms with van der Waals surface area (Å²) >= 11 is 0. The zero-order valence-corrected chi connectivity index (χ0v) is 10.3. The molecule has 1 amide bonds. The standard InChI is InChI=1S/C11H20F2N2O2/c1-11(2)8-14-4-5-15(11)10(16)3-6-17-7-9(12)13/h9,14H,3-8H2,1-2H3. The number of nitrogens with zero attached hydrogens (tertiary/aromatic N) is 1. The quantitative estimate of drug-likeness (QED) is 0.736. The monoisotopic (exact) mass is 250 g/mol. The lowest BCUT2D eigenvalue weighted by Crippen LogP contribution is -2.59. The lowest BCUT2D eigenvalue weighted by atomic mass is 10.00. The summed E-state index contributed by atoms with van der Waals surface area (Å²) in [6.07, 6.45) is -2.31. The Hall–Kier alpha value is -0.750. The van der Waals surface area contributed by atoms with E-state index in [0.29, 0.717) is 6.54 Å². The largest absolute Gasteiger partial charge is 0.375 e. The molecule has 0 aromatic rings. The zero-order chi connectivity index (χ0) is 12.9. The minimum atomic E-state index is -2.47. The van der Waals surface area contributed by atoms with Gasteiger partial charge in [0.25, 0.3) is 6.43 Å². The predicted octanol–water partition coefficient (Wildman–Crippen LogP) is 0.869. The summed E-state index contributed by atoms with van der Waals surface area (Å²) in [5, 5.41) is 3.22. The summed E-state index contributed by atoms with van der Waals surface area (Å²) in [7, 11) is 0. The van der Waals surface area contributed by atoms with Crippen molar-refractivity contribution in [3.8, 4) is 0 Å². The van der Waals surface area contributed by atoms with E-state index >= 15 is 0 Å². The van der Waals surface area contributed by atoms with E-state index in [1.165, 1.54) is 0 Å². The molecule has 1 rings (SSSR count). The zero-order valence-electron chi connectivity index (χ0n) is 10.3. The topological polar surface area (TPSA) is 41.6 Å². The second-order valence-electron chi connectivity index (χ2n) is 4.75. The molecule has 0 aliphatic carbocycles. The van der Waals surface area contributed by atoms with E-state index in [9.17, 15) is 13.6 Å². The Labute approximate surface area is 100 Å². The number of ether oxygens (including phenoxy) is 1. The molecule has 0 saturated carbocycles. The molecule has 17 heavy (non-hydrogen) atoms. The van der Waals surface area contributed by atoms with Crippen LogP contribution in [0.25, 0.3) is 0 Å². The van der Waals surface area contributed by atoms with Crippen LogP contribution in [-0.2, 0) is 9.53 Å². The minimum Gasteiger partial charge on any atom is -0.375 e. The Morgan fingerprint density at radius 2 is 2.24 bits per heavy atom. The van der Waals surface area contributed by atoms with E-state index in [1.54, 1.807) is 4.90 Å². The fourth-order valence-corrected chi connectivity index (χ4v) is 1.91. The third-order valence-electron chi connectivity index (χ3n) is 2.81. The average Bonchev–Trinajstić information content (AvgIpc) is 2.23. The molecule has 0 radical (unpaired) electrons. The lowest BCUT2D eigenvalue weighted by Gasteiger charge is -2.42. The second-order valence-corrected chi connectivity index (χ2v) is 4.75. The molecule has 1 fully saturated rings. The summed E-state index contributed by atoms with van der Waals surface area (Å²) in [5.74, 6) is -0.0363. The van der Waals surface area contributed by atoms with Gasteiger partial charge in [0.1, 0.15) is 6.61 Å². The van der Waals surface area contributed by atoms with Gasteiger partial charge in [-0.3, -0.25) is 4.79 Å². The van der Waals surface area contributed by atoms with Crippen molar-refractivity contribution in [3.63, 3.8) is 0 Å². The van der Waals surface area contributed by atoms with Gasteiger partial charge in [-0.25, -0.2) is 8.78 Å². The molecule has 4 nitrogen and oxygen atoms in total. The SMILES string of the molecule is CC1(C)CNCCN1C(=O)CCOCC(F)F. The number of halogens is 2. The molecule has 6 heteroatoms. The molecule has 1 aliphatic rings. The van der Waals surface area contributed by atoms with Crippen LogP contribution in [0.5, 0.6) is 0 Å². The van der Waals surface area contributed by atoms with E-state index in [2.05, 4.69) is 5.32 Å². The van der Waals surface area contributed by atoms with Gasteiger partial charge in [-0.2, -0.15) is 0 Å². The van der Waals surface area contributed by atoms with Crippen LogP contribution in [0, 0.1) is 0 Å². The number of hydrogen-bond acceptors (Lipinski definition) is 3. The van der Waals surface area contributed by atoms with E-state index in [-0.39, 0.29) is 24.5 Å². The van der Waals surface area contributed by atoms with Crippen molar-refractivity contribution < 1.29 is 18.3 Å². The van der Waals surface area contributed by atoms with Crippen molar-refractivity contribution in [1.82, 2.24) is 10.2 Å². The van der Waals surface area contributed by atoms with Gasteiger partial charge in [0, 0.05) is 25.2 Å². The molecule has 0 atom stereocenters. The van der Waals surface area contributed by atoms with Crippen molar-refractivity contribution in [3.05, 3.63) is 0 Å². The van der Waals surface area contributed by atoms with Gasteiger partial charge in [0.15, 0.2) is 0 Å². The number of nitrogens with one attached hydrogen (secondary N) is 1. The molecule has 0 aromatic heterocycles. The number of alkyl halides is 2. The third-order valence-corrected chi connectivity index (χ3v) is 2.81. The van der Waals surface area contributed by atoms with Crippen LogP contribution in [0.4, 0.5) is 8.78 Å². The Morgan fingerprint density at radius 1 is 1.53 bits per heavy atom. The molecule has 0 aromatic carbocycles. The molecule has 0 unspecified atom stereocenters. The van der Waals surface area contributed by atoms with Gasteiger partial charge in [-0.1, -0.05) is 0 Å². The van der Waals surface area contributed by atoms with Crippen molar-refractivity contribution >= 4 is 5.91 Å². The lowest BCUT2D eigenvalue weighted by molar-refractivity contribution is -0.139. The van der Waals surface area contributed by atoms with Gasteiger partial charge in [-0.15, -0.1) is 0 Å². The van der Waals surface area contributed by atoms with Crippen LogP contribution >= 0.6 is 0 Å². The average molecular weight is 250 g/mol. The number of piperazine rings is 1. The summed E-state index contributed by atoms with van der Waals surface area (Å²) < 4.78 is 28.3. The summed E-state index contributed by atoms with van der Waals surface area (Å²) in [6, 6.07) is 0. The number of carbonyl (C=O) groups is 1. The van der Waals surface area contributed by atoms with Crippen LogP contribution in [0.3, 0.4) is 0 Å². The van der Waals surface area contributed by atoms with Gasteiger partial charge in [0.05, 0.1) is 13.0 Å². The Kier molecular flexibility index (Phi) is 5.27. The van der Waals surface area contributed by atoms with Gasteiger partial charge in [-0.05, 0) is 13.8 Å². The van der Waals surface area contributed by atoms with Crippen molar-refractivity contribution in [2.24, 2.45) is 0 Å². The smallest absolute Gasteiger partial charge is 0.261 e. The first kappa shape index (κ1) is 14.3. The Bertz CT molecular complexity index is 260.